The third kappa shape index (κ3) is 11.1. The van der Waals surface area contributed by atoms with Gasteiger partial charge in [0.05, 0.1) is 5.52 Å². The normalized spacial score (nSPS) is 17.4. The molecule has 2 fully saturated rings. The number of piperazine rings is 2. The largest absolute Gasteiger partial charge is 0.573 e. The molecule has 0 bridgehead atoms. The fraction of sp³-hybridized carbons (Fsp3) is 0.450. The van der Waals surface area contributed by atoms with Gasteiger partial charge in [0.15, 0.2) is 0 Å². The first-order valence-corrected chi connectivity index (χ1v) is 19.2. The summed E-state index contributed by atoms with van der Waals surface area (Å²) in [6.07, 6.45) is -1.91. The maximum atomic E-state index is 13.1. The Morgan fingerprint density at radius 3 is 2.24 bits per heavy atom. The first-order valence-electron chi connectivity index (χ1n) is 18.5. The van der Waals surface area contributed by atoms with E-state index in [0.29, 0.717) is 54.8 Å². The maximum absolute atomic E-state index is 13.1. The number of carbonyl (C=O) groups is 2. The van der Waals surface area contributed by atoms with Crippen molar-refractivity contribution in [2.45, 2.75) is 64.7 Å². The van der Waals surface area contributed by atoms with Crippen molar-refractivity contribution in [3.05, 3.63) is 93.6 Å². The first kappa shape index (κ1) is 40.6. The first-order chi connectivity index (χ1) is 26.1. The molecule has 1 unspecified atom stereocenters. The molecule has 2 N–H and O–H groups in total. The third-order valence-electron chi connectivity index (χ3n) is 9.68. The van der Waals surface area contributed by atoms with E-state index in [-0.39, 0.29) is 18.2 Å². The van der Waals surface area contributed by atoms with Gasteiger partial charge < -0.3 is 29.6 Å². The topological polar surface area (TPSA) is 91.3 Å². The van der Waals surface area contributed by atoms with Crippen LogP contribution in [0.15, 0.2) is 66.9 Å². The van der Waals surface area contributed by atoms with Crippen LogP contribution in [-0.2, 0) is 29.0 Å². The Kier molecular flexibility index (Phi) is 12.9. The summed E-state index contributed by atoms with van der Waals surface area (Å²) in [7, 11) is 0. The van der Waals surface area contributed by atoms with Crippen molar-refractivity contribution in [1.82, 2.24) is 29.9 Å². The van der Waals surface area contributed by atoms with E-state index in [2.05, 4.69) is 43.4 Å². The van der Waals surface area contributed by atoms with Gasteiger partial charge in [0.2, 0.25) is 5.91 Å². The Bertz CT molecular complexity index is 1940. The van der Waals surface area contributed by atoms with Crippen LogP contribution < -0.4 is 15.4 Å². The highest BCUT2D eigenvalue weighted by Crippen LogP contribution is 2.31. The minimum Gasteiger partial charge on any atom is -0.444 e. The van der Waals surface area contributed by atoms with Gasteiger partial charge in [0.25, 0.3) is 0 Å². The molecule has 10 nitrogen and oxygen atoms in total. The van der Waals surface area contributed by atoms with Gasteiger partial charge in [0.1, 0.15) is 17.4 Å². The Labute approximate surface area is 329 Å². The summed E-state index contributed by atoms with van der Waals surface area (Å²) >= 11 is 12.8. The van der Waals surface area contributed by atoms with Crippen molar-refractivity contribution in [3.8, 4) is 11.4 Å². The van der Waals surface area contributed by atoms with Crippen LogP contribution >= 0.6 is 23.2 Å². The Balaban J connectivity index is 1.11. The van der Waals surface area contributed by atoms with Gasteiger partial charge in [-0.2, -0.15) is 0 Å². The average molecular weight is 804 g/mol. The molecule has 15 heteroatoms. The SMILES string of the molecule is CC(C)(C)OC(=O)N1CCNC(C(=O)NCCCc2cn(-c3ccc(OC(F)(F)F)cc3)c3cc(CN4CCN(Cc5c(Cl)cccc5Cl)CC4)ccc23)C1. The number of fused-ring (bicyclic) bond motifs is 1. The lowest BCUT2D eigenvalue weighted by Crippen LogP contribution is -2.58. The standard InChI is InChI=1S/C40H47Cl2F3N6O4/c1-39(2,3)55-38(53)50-17-16-46-35(26-50)37(52)47-15-5-6-28-24-51(29-10-12-30(13-11-29)54-40(43,44)45)36-22-27(9-14-31(28)36)23-48-18-20-49(21-19-48)25-32-33(41)7-4-8-34(32)42/h4,7-14,22,24,35,46H,5-6,15-21,23,25-26H2,1-3H3,(H,47,52). The minimum absolute atomic E-state index is 0.185. The van der Waals surface area contributed by atoms with E-state index in [1.165, 1.54) is 12.1 Å². The highest BCUT2D eigenvalue weighted by Gasteiger charge is 2.32. The molecule has 2 saturated heterocycles. The second-order valence-corrected chi connectivity index (χ2v) is 15.8. The quantitative estimate of drug-likeness (QED) is 0.153. The minimum atomic E-state index is -4.78. The van der Waals surface area contributed by atoms with E-state index in [4.69, 9.17) is 27.9 Å². The zero-order valence-corrected chi connectivity index (χ0v) is 32.7. The molecule has 1 atom stereocenters. The maximum Gasteiger partial charge on any atom is 0.573 e. The summed E-state index contributed by atoms with van der Waals surface area (Å²) < 4.78 is 50.2. The van der Waals surface area contributed by atoms with Crippen LogP contribution in [0.2, 0.25) is 10.0 Å². The van der Waals surface area contributed by atoms with Gasteiger partial charge in [-0.25, -0.2) is 4.79 Å². The molecule has 3 aromatic carbocycles. The number of halogens is 5. The van der Waals surface area contributed by atoms with Crippen LogP contribution in [0.4, 0.5) is 18.0 Å². The number of hydrogen-bond acceptors (Lipinski definition) is 7. The van der Waals surface area contributed by atoms with E-state index < -0.39 is 24.1 Å². The number of carbonyl (C=O) groups excluding carboxylic acids is 2. The highest BCUT2D eigenvalue weighted by molar-refractivity contribution is 6.36. The van der Waals surface area contributed by atoms with Gasteiger partial charge in [-0.15, -0.1) is 13.2 Å². The van der Waals surface area contributed by atoms with Crippen LogP contribution in [0.1, 0.15) is 43.9 Å². The summed E-state index contributed by atoms with van der Waals surface area (Å²) in [5, 5.41) is 8.55. The fourth-order valence-corrected chi connectivity index (χ4v) is 7.48. The molecule has 0 spiro atoms. The lowest BCUT2D eigenvalue weighted by Gasteiger charge is -2.35. The predicted octanol–water partition coefficient (Wildman–Crippen LogP) is 7.41. The average Bonchev–Trinajstić information content (AvgIpc) is 3.49. The van der Waals surface area contributed by atoms with Crippen molar-refractivity contribution in [3.63, 3.8) is 0 Å². The number of amides is 2. The van der Waals surface area contributed by atoms with E-state index in [1.54, 1.807) is 17.0 Å². The summed E-state index contributed by atoms with van der Waals surface area (Å²) in [5.41, 5.74) is 4.10. The predicted molar refractivity (Wildman–Crippen MR) is 208 cm³/mol. The van der Waals surface area contributed by atoms with Crippen molar-refractivity contribution < 1.29 is 32.2 Å². The zero-order chi connectivity index (χ0) is 39.3. The summed E-state index contributed by atoms with van der Waals surface area (Å²) in [4.78, 5) is 31.9. The second kappa shape index (κ2) is 17.4. The molecule has 55 heavy (non-hydrogen) atoms. The van der Waals surface area contributed by atoms with E-state index in [9.17, 15) is 22.8 Å². The molecular formula is C40H47Cl2F3N6O4. The fourth-order valence-electron chi connectivity index (χ4n) is 6.96. The van der Waals surface area contributed by atoms with E-state index in [0.717, 1.165) is 60.3 Å². The van der Waals surface area contributed by atoms with Crippen LogP contribution in [0.5, 0.6) is 5.75 Å². The zero-order valence-electron chi connectivity index (χ0n) is 31.2. The number of aromatic nitrogens is 1. The van der Waals surface area contributed by atoms with Crippen LogP contribution in [0.25, 0.3) is 16.6 Å². The molecule has 296 valence electrons. The molecule has 0 aliphatic carbocycles. The molecule has 3 heterocycles. The van der Waals surface area contributed by atoms with E-state index >= 15 is 0 Å². The van der Waals surface area contributed by atoms with Gasteiger partial charge in [0, 0.05) is 98.3 Å². The molecule has 0 radical (unpaired) electrons. The van der Waals surface area contributed by atoms with Crippen LogP contribution in [0, 0.1) is 0 Å². The number of nitrogens with zero attached hydrogens (tertiary/aromatic N) is 4. The molecule has 1 aromatic heterocycles. The Hall–Kier alpha value is -4.01. The lowest BCUT2D eigenvalue weighted by atomic mass is 10.1. The smallest absolute Gasteiger partial charge is 0.444 e. The summed E-state index contributed by atoms with van der Waals surface area (Å²) in [6, 6.07) is 17.2. The Morgan fingerprint density at radius 2 is 1.58 bits per heavy atom. The van der Waals surface area contributed by atoms with Crippen molar-refractivity contribution in [2.75, 3.05) is 52.4 Å². The van der Waals surface area contributed by atoms with Crippen molar-refractivity contribution in [2.24, 2.45) is 0 Å². The highest BCUT2D eigenvalue weighted by atomic mass is 35.5. The van der Waals surface area contributed by atoms with Crippen LogP contribution in [0.3, 0.4) is 0 Å². The van der Waals surface area contributed by atoms with Gasteiger partial charge in [-0.1, -0.05) is 41.4 Å². The number of benzene rings is 3. The molecule has 4 aromatic rings. The summed E-state index contributed by atoms with van der Waals surface area (Å²) in [6.45, 7) is 11.9. The number of hydrogen-bond donors (Lipinski definition) is 2. The lowest BCUT2D eigenvalue weighted by molar-refractivity contribution is -0.274. The number of nitrogens with one attached hydrogen (secondary N) is 2. The monoisotopic (exact) mass is 802 g/mol. The van der Waals surface area contributed by atoms with Crippen molar-refractivity contribution in [1.29, 1.82) is 0 Å². The van der Waals surface area contributed by atoms with E-state index in [1.807, 2.05) is 49.7 Å². The van der Waals surface area contributed by atoms with Crippen LogP contribution in [-0.4, -0.2) is 102 Å². The van der Waals surface area contributed by atoms with Gasteiger partial charge in [-0.05, 0) is 87.2 Å². The Morgan fingerprint density at radius 1 is 0.909 bits per heavy atom. The molecule has 2 aliphatic heterocycles. The molecular weight excluding hydrogens is 756 g/mol. The molecule has 2 aliphatic rings. The van der Waals surface area contributed by atoms with Crippen molar-refractivity contribution >= 4 is 46.1 Å². The summed E-state index contributed by atoms with van der Waals surface area (Å²) in [5.74, 6) is -0.475. The number of ether oxygens (including phenoxy) is 2. The van der Waals surface area contributed by atoms with Gasteiger partial charge >= 0.3 is 12.5 Å². The number of rotatable bonds is 11. The molecule has 2 amide bonds. The second-order valence-electron chi connectivity index (χ2n) is 15.0. The molecule has 0 saturated carbocycles. The third-order valence-corrected chi connectivity index (χ3v) is 10.4. The number of alkyl halides is 3. The number of aryl methyl sites for hydroxylation is 1. The molecule has 6 rings (SSSR count). The van der Waals surface area contributed by atoms with Gasteiger partial charge in [-0.3, -0.25) is 14.6 Å².